The Kier molecular flexibility index (Phi) is 3.43. The summed E-state index contributed by atoms with van der Waals surface area (Å²) >= 11 is 0. The molecule has 0 saturated carbocycles. The lowest BCUT2D eigenvalue weighted by Crippen LogP contribution is -2.72. The Hall–Kier alpha value is -0.910. The molecular weight excluding hydrogens is 284 g/mol. The molecule has 3 saturated heterocycles. The molecule has 4 nitrogen and oxygen atoms in total. The smallest absolute Gasteiger partial charge is 0.243 e. The first kappa shape index (κ1) is 15.0. The number of hydrogen-bond donors (Lipinski definition) is 1. The van der Waals surface area contributed by atoms with E-state index in [4.69, 9.17) is 0 Å². The fraction of sp³-hybridized carbons (Fsp3) is 0.625. The zero-order valence-electron chi connectivity index (χ0n) is 13.1. The number of hydrogen-bond acceptors (Lipinski definition) is 3. The van der Waals surface area contributed by atoms with Crippen molar-refractivity contribution in [3.8, 4) is 0 Å². The van der Waals surface area contributed by atoms with Crippen LogP contribution in [0, 0.1) is 5.92 Å². The van der Waals surface area contributed by atoms with E-state index in [1.807, 2.05) is 12.1 Å². The molecule has 2 bridgehead atoms. The Morgan fingerprint density at radius 1 is 1.10 bits per heavy atom. The van der Waals surface area contributed by atoms with E-state index in [0.717, 1.165) is 5.56 Å². The van der Waals surface area contributed by atoms with Crippen LogP contribution >= 0.6 is 0 Å². The van der Waals surface area contributed by atoms with E-state index in [9.17, 15) is 8.42 Å². The zero-order valence-corrected chi connectivity index (χ0v) is 13.9. The van der Waals surface area contributed by atoms with Gasteiger partial charge in [-0.1, -0.05) is 39.8 Å². The Labute approximate surface area is 127 Å². The molecule has 1 aromatic rings. The topological polar surface area (TPSA) is 49.4 Å². The lowest BCUT2D eigenvalue weighted by Gasteiger charge is -2.52. The second-order valence-electron chi connectivity index (χ2n) is 7.34. The van der Waals surface area contributed by atoms with Crippen molar-refractivity contribution in [2.24, 2.45) is 5.92 Å². The second-order valence-corrected chi connectivity index (χ2v) is 9.27. The number of benzene rings is 1. The number of piperazine rings is 1. The summed E-state index contributed by atoms with van der Waals surface area (Å²) in [5, 5.41) is 3.41. The summed E-state index contributed by atoms with van der Waals surface area (Å²) in [6.45, 7) is 9.74. The summed E-state index contributed by atoms with van der Waals surface area (Å²) in [7, 11) is -3.36. The van der Waals surface area contributed by atoms with E-state index >= 15 is 0 Å². The highest BCUT2D eigenvalue weighted by molar-refractivity contribution is 7.89. The number of piperidine rings is 1. The Bertz CT molecular complexity index is 619. The van der Waals surface area contributed by atoms with Crippen LogP contribution < -0.4 is 5.32 Å². The highest BCUT2D eigenvalue weighted by Crippen LogP contribution is 2.31. The van der Waals surface area contributed by atoms with Gasteiger partial charge >= 0.3 is 0 Å². The molecule has 0 radical (unpaired) electrons. The quantitative estimate of drug-likeness (QED) is 0.909. The van der Waals surface area contributed by atoms with Crippen molar-refractivity contribution in [1.29, 1.82) is 0 Å². The van der Waals surface area contributed by atoms with Gasteiger partial charge in [0.25, 0.3) is 0 Å². The SMILES string of the molecule is CC1C2CN(S(=O)(=O)c3ccc(C(C)(C)C)cc3)CC1N2. The van der Waals surface area contributed by atoms with Gasteiger partial charge in [0.1, 0.15) is 0 Å². The number of rotatable bonds is 2. The monoisotopic (exact) mass is 308 g/mol. The molecule has 3 fully saturated rings. The molecule has 3 aliphatic rings. The molecule has 3 aliphatic heterocycles. The molecule has 4 rings (SSSR count). The lowest BCUT2D eigenvalue weighted by atomic mass is 9.81. The van der Waals surface area contributed by atoms with E-state index in [0.29, 0.717) is 36.0 Å². The molecule has 2 atom stereocenters. The molecule has 0 aliphatic carbocycles. The van der Waals surface area contributed by atoms with Gasteiger partial charge in [0.15, 0.2) is 0 Å². The van der Waals surface area contributed by atoms with Crippen LogP contribution in [-0.4, -0.2) is 37.9 Å². The summed E-state index contributed by atoms with van der Waals surface area (Å²) in [6, 6.07) is 7.97. The van der Waals surface area contributed by atoms with Crippen LogP contribution in [0.3, 0.4) is 0 Å². The third kappa shape index (κ3) is 2.51. The summed E-state index contributed by atoms with van der Waals surface area (Å²) in [4.78, 5) is 0.407. The molecule has 2 unspecified atom stereocenters. The van der Waals surface area contributed by atoms with Crippen molar-refractivity contribution in [3.05, 3.63) is 29.8 Å². The van der Waals surface area contributed by atoms with Crippen molar-refractivity contribution in [2.75, 3.05) is 13.1 Å². The van der Waals surface area contributed by atoms with Crippen LogP contribution in [0.1, 0.15) is 33.3 Å². The second kappa shape index (κ2) is 4.80. The Morgan fingerprint density at radius 2 is 1.62 bits per heavy atom. The predicted molar refractivity (Wildman–Crippen MR) is 83.8 cm³/mol. The molecule has 116 valence electrons. The van der Waals surface area contributed by atoms with Gasteiger partial charge in [0.2, 0.25) is 10.0 Å². The minimum absolute atomic E-state index is 0.0361. The number of nitrogens with one attached hydrogen (secondary N) is 1. The van der Waals surface area contributed by atoms with Gasteiger partial charge in [-0.2, -0.15) is 4.31 Å². The Morgan fingerprint density at radius 3 is 2.05 bits per heavy atom. The summed E-state index contributed by atoms with van der Waals surface area (Å²) in [6.07, 6.45) is 0. The van der Waals surface area contributed by atoms with Crippen LogP contribution in [0.2, 0.25) is 0 Å². The first-order valence-electron chi connectivity index (χ1n) is 7.56. The van der Waals surface area contributed by atoms with Crippen LogP contribution in [0.4, 0.5) is 0 Å². The lowest BCUT2D eigenvalue weighted by molar-refractivity contribution is 0.0652. The predicted octanol–water partition coefficient (Wildman–Crippen LogP) is 1.96. The van der Waals surface area contributed by atoms with Gasteiger partial charge in [0.05, 0.1) is 4.90 Å². The molecule has 0 amide bonds. The van der Waals surface area contributed by atoms with Crippen molar-refractivity contribution in [1.82, 2.24) is 9.62 Å². The zero-order chi connectivity index (χ0) is 15.4. The number of sulfonamides is 1. The van der Waals surface area contributed by atoms with Crippen LogP contribution in [0.15, 0.2) is 29.2 Å². The molecule has 5 heteroatoms. The minimum atomic E-state index is -3.36. The van der Waals surface area contributed by atoms with Gasteiger partial charge < -0.3 is 5.32 Å². The van der Waals surface area contributed by atoms with Crippen LogP contribution in [-0.2, 0) is 15.4 Å². The van der Waals surface area contributed by atoms with Crippen LogP contribution in [0.5, 0.6) is 0 Å². The first-order valence-corrected chi connectivity index (χ1v) is 9.00. The molecule has 1 aromatic carbocycles. The van der Waals surface area contributed by atoms with Crippen molar-refractivity contribution in [2.45, 2.75) is 50.1 Å². The molecule has 0 spiro atoms. The average molecular weight is 308 g/mol. The molecule has 1 N–H and O–H groups in total. The fourth-order valence-electron chi connectivity index (χ4n) is 3.16. The van der Waals surface area contributed by atoms with E-state index < -0.39 is 10.0 Å². The minimum Gasteiger partial charge on any atom is -0.308 e. The number of fused-ring (bicyclic) bond motifs is 2. The molecular formula is C16H24N2O2S. The van der Waals surface area contributed by atoms with Crippen molar-refractivity contribution >= 4 is 10.0 Å². The average Bonchev–Trinajstić information content (AvgIpc) is 2.46. The van der Waals surface area contributed by atoms with Gasteiger partial charge in [0, 0.05) is 25.2 Å². The molecule has 21 heavy (non-hydrogen) atoms. The molecule has 3 heterocycles. The van der Waals surface area contributed by atoms with Gasteiger partial charge in [-0.3, -0.25) is 0 Å². The van der Waals surface area contributed by atoms with E-state index in [2.05, 4.69) is 33.0 Å². The van der Waals surface area contributed by atoms with E-state index in [-0.39, 0.29) is 5.41 Å². The summed E-state index contributed by atoms with van der Waals surface area (Å²) < 4.78 is 27.1. The fourth-order valence-corrected chi connectivity index (χ4v) is 4.66. The third-order valence-electron chi connectivity index (χ3n) is 4.86. The highest BCUT2D eigenvalue weighted by Gasteiger charge is 2.46. The van der Waals surface area contributed by atoms with E-state index in [1.54, 1.807) is 16.4 Å². The van der Waals surface area contributed by atoms with Gasteiger partial charge in [-0.25, -0.2) is 8.42 Å². The highest BCUT2D eigenvalue weighted by atomic mass is 32.2. The van der Waals surface area contributed by atoms with Gasteiger partial charge in [-0.05, 0) is 29.0 Å². The van der Waals surface area contributed by atoms with Crippen molar-refractivity contribution < 1.29 is 8.42 Å². The maximum Gasteiger partial charge on any atom is 0.243 e. The largest absolute Gasteiger partial charge is 0.308 e. The maximum atomic E-state index is 12.7. The molecule has 0 aromatic heterocycles. The Balaban J connectivity index is 1.82. The van der Waals surface area contributed by atoms with Gasteiger partial charge in [-0.15, -0.1) is 0 Å². The van der Waals surface area contributed by atoms with Crippen molar-refractivity contribution in [3.63, 3.8) is 0 Å². The van der Waals surface area contributed by atoms with E-state index in [1.165, 1.54) is 0 Å². The number of nitrogens with zero attached hydrogens (tertiary/aromatic N) is 1. The summed E-state index contributed by atoms with van der Waals surface area (Å²) in [5.74, 6) is 0.583. The maximum absolute atomic E-state index is 12.7. The summed E-state index contributed by atoms with van der Waals surface area (Å²) in [5.41, 5.74) is 1.19. The first-order chi connectivity index (χ1) is 9.69. The standard InChI is InChI=1S/C16H24N2O2S/c1-11-14-9-18(10-15(11)17-14)21(19,20)13-7-5-12(6-8-13)16(2,3)4/h5-8,11,14-15,17H,9-10H2,1-4H3. The van der Waals surface area contributed by atoms with Crippen LogP contribution in [0.25, 0.3) is 0 Å². The third-order valence-corrected chi connectivity index (χ3v) is 6.70. The normalized spacial score (nSPS) is 30.0.